The lowest BCUT2D eigenvalue weighted by molar-refractivity contribution is -0.129. The molecule has 1 heterocycles. The van der Waals surface area contributed by atoms with Crippen LogP contribution in [0.15, 0.2) is 24.3 Å². The Balaban J connectivity index is 2.00. The first kappa shape index (κ1) is 18.0. The van der Waals surface area contributed by atoms with Gasteiger partial charge in [-0.2, -0.15) is 0 Å². The molecule has 1 fully saturated rings. The van der Waals surface area contributed by atoms with Gasteiger partial charge in [-0.3, -0.25) is 9.59 Å². The quantitative estimate of drug-likeness (QED) is 0.749. The summed E-state index contributed by atoms with van der Waals surface area (Å²) in [4.78, 5) is 39.1. The number of likely N-dealkylation sites (tertiary alicyclic amines) is 1. The highest BCUT2D eigenvalue weighted by Gasteiger charge is 2.20. The minimum Gasteiger partial charge on any atom is -0.462 e. The van der Waals surface area contributed by atoms with E-state index in [4.69, 9.17) is 4.74 Å². The normalized spacial score (nSPS) is 13.7. The third kappa shape index (κ3) is 4.57. The van der Waals surface area contributed by atoms with E-state index in [-0.39, 0.29) is 17.8 Å². The van der Waals surface area contributed by atoms with Crippen molar-refractivity contribution >= 4 is 23.5 Å². The van der Waals surface area contributed by atoms with Crippen molar-refractivity contribution in [1.82, 2.24) is 4.90 Å². The summed E-state index contributed by atoms with van der Waals surface area (Å²) in [6, 6.07) is 6.67. The number of hydrogen-bond acceptors (Lipinski definition) is 4. The molecule has 0 bridgehead atoms. The molecular weight excluding hydrogens is 308 g/mol. The molecule has 2 rings (SSSR count). The van der Waals surface area contributed by atoms with Crippen LogP contribution in [0.2, 0.25) is 0 Å². The predicted molar refractivity (Wildman–Crippen MR) is 90.9 cm³/mol. The Bertz CT molecular complexity index is 592. The number of benzene rings is 1. The average Bonchev–Trinajstić information content (AvgIpc) is 3.10. The van der Waals surface area contributed by atoms with E-state index >= 15 is 0 Å². The van der Waals surface area contributed by atoms with Crippen molar-refractivity contribution in [2.75, 3.05) is 31.1 Å². The van der Waals surface area contributed by atoms with Gasteiger partial charge in [0.05, 0.1) is 12.2 Å². The predicted octanol–water partition coefficient (Wildman–Crippen LogP) is 2.23. The van der Waals surface area contributed by atoms with Crippen molar-refractivity contribution in [3.63, 3.8) is 0 Å². The lowest BCUT2D eigenvalue weighted by Crippen LogP contribution is -2.35. The number of ether oxygens (including phenoxy) is 1. The number of carbonyl (C=O) groups excluding carboxylic acids is 3. The molecular formula is C18H24N2O4. The molecule has 1 saturated heterocycles. The molecule has 0 aromatic heterocycles. The first-order valence-corrected chi connectivity index (χ1v) is 8.36. The maximum absolute atomic E-state index is 12.1. The Morgan fingerprint density at radius 2 is 1.75 bits per heavy atom. The molecule has 1 aromatic rings. The minimum absolute atomic E-state index is 0.0851. The van der Waals surface area contributed by atoms with Crippen molar-refractivity contribution in [2.45, 2.75) is 33.1 Å². The minimum atomic E-state index is -0.386. The fraction of sp³-hybridized carbons (Fsp3) is 0.500. The summed E-state index contributed by atoms with van der Waals surface area (Å²) in [6.45, 7) is 5.50. The molecule has 130 valence electrons. The van der Waals surface area contributed by atoms with Gasteiger partial charge in [0.15, 0.2) is 0 Å². The number of nitrogens with zero attached hydrogens (tertiary/aromatic N) is 2. The largest absolute Gasteiger partial charge is 0.462 e. The van der Waals surface area contributed by atoms with E-state index in [1.54, 1.807) is 36.1 Å². The number of rotatable bonds is 6. The van der Waals surface area contributed by atoms with Gasteiger partial charge in [0.2, 0.25) is 11.8 Å². The number of hydrogen-bond donors (Lipinski definition) is 0. The van der Waals surface area contributed by atoms with Gasteiger partial charge < -0.3 is 14.5 Å². The molecule has 0 saturated carbocycles. The van der Waals surface area contributed by atoms with Crippen molar-refractivity contribution in [2.24, 2.45) is 0 Å². The van der Waals surface area contributed by atoms with Crippen LogP contribution in [0.3, 0.4) is 0 Å². The number of anilines is 1. The van der Waals surface area contributed by atoms with E-state index in [1.165, 1.54) is 6.92 Å². The van der Waals surface area contributed by atoms with Crippen LogP contribution in [0.1, 0.15) is 43.5 Å². The highest BCUT2D eigenvalue weighted by Crippen LogP contribution is 2.17. The zero-order chi connectivity index (χ0) is 17.5. The molecule has 1 aromatic carbocycles. The van der Waals surface area contributed by atoms with Gasteiger partial charge in [-0.15, -0.1) is 0 Å². The first-order valence-electron chi connectivity index (χ1n) is 8.36. The van der Waals surface area contributed by atoms with E-state index in [0.717, 1.165) is 25.9 Å². The van der Waals surface area contributed by atoms with Gasteiger partial charge in [-0.1, -0.05) is 0 Å². The van der Waals surface area contributed by atoms with Crippen LogP contribution in [0, 0.1) is 0 Å². The number of amides is 2. The number of esters is 1. The molecule has 24 heavy (non-hydrogen) atoms. The Kier molecular flexibility index (Phi) is 6.35. The molecule has 0 aliphatic carbocycles. The van der Waals surface area contributed by atoms with Crippen LogP contribution < -0.4 is 4.90 Å². The average molecular weight is 332 g/mol. The monoisotopic (exact) mass is 332 g/mol. The fourth-order valence-corrected chi connectivity index (χ4v) is 2.79. The van der Waals surface area contributed by atoms with Gasteiger partial charge in [0.25, 0.3) is 0 Å². The molecule has 1 aliphatic heterocycles. The summed E-state index contributed by atoms with van der Waals surface area (Å²) in [7, 11) is 0. The Hall–Kier alpha value is -2.37. The smallest absolute Gasteiger partial charge is 0.338 e. The Morgan fingerprint density at radius 3 is 2.29 bits per heavy atom. The zero-order valence-electron chi connectivity index (χ0n) is 14.3. The van der Waals surface area contributed by atoms with Gasteiger partial charge in [0.1, 0.15) is 0 Å². The maximum atomic E-state index is 12.1. The van der Waals surface area contributed by atoms with Gasteiger partial charge in [-0.25, -0.2) is 4.79 Å². The van der Waals surface area contributed by atoms with Crippen LogP contribution in [0.5, 0.6) is 0 Å². The molecule has 6 heteroatoms. The highest BCUT2D eigenvalue weighted by atomic mass is 16.5. The molecule has 0 atom stereocenters. The standard InChI is InChI=1S/C18H24N2O4/c1-3-24-18(23)15-6-8-16(9-7-15)20(14(2)21)13-10-17(22)19-11-4-5-12-19/h6-9H,3-5,10-13H2,1-2H3. The molecule has 2 amide bonds. The maximum Gasteiger partial charge on any atom is 0.338 e. The number of carbonyl (C=O) groups is 3. The summed E-state index contributed by atoms with van der Waals surface area (Å²) in [5, 5.41) is 0. The molecule has 6 nitrogen and oxygen atoms in total. The van der Waals surface area contributed by atoms with Crippen LogP contribution in [0.25, 0.3) is 0 Å². The summed E-state index contributed by atoms with van der Waals surface area (Å²) in [6.07, 6.45) is 2.41. The second-order valence-electron chi connectivity index (χ2n) is 5.78. The topological polar surface area (TPSA) is 66.9 Å². The van der Waals surface area contributed by atoms with Gasteiger partial charge in [0, 0.05) is 38.7 Å². The Labute approximate surface area is 142 Å². The van der Waals surface area contributed by atoms with E-state index < -0.39 is 0 Å². The summed E-state index contributed by atoms with van der Waals surface area (Å²) < 4.78 is 4.94. The molecule has 0 radical (unpaired) electrons. The van der Waals surface area contributed by atoms with Crippen molar-refractivity contribution < 1.29 is 19.1 Å². The molecule has 0 unspecified atom stereocenters. The SMILES string of the molecule is CCOC(=O)c1ccc(N(CCC(=O)N2CCCC2)C(C)=O)cc1. The Morgan fingerprint density at radius 1 is 1.12 bits per heavy atom. The van der Waals surface area contributed by atoms with Crippen molar-refractivity contribution in [1.29, 1.82) is 0 Å². The third-order valence-corrected chi connectivity index (χ3v) is 4.08. The van der Waals surface area contributed by atoms with Crippen LogP contribution in [-0.4, -0.2) is 48.9 Å². The second-order valence-corrected chi connectivity index (χ2v) is 5.78. The fourth-order valence-electron chi connectivity index (χ4n) is 2.79. The van der Waals surface area contributed by atoms with Crippen molar-refractivity contribution in [3.05, 3.63) is 29.8 Å². The second kappa shape index (κ2) is 8.47. The highest BCUT2D eigenvalue weighted by molar-refractivity contribution is 5.94. The van der Waals surface area contributed by atoms with Crippen LogP contribution >= 0.6 is 0 Å². The molecule has 1 aliphatic rings. The summed E-state index contributed by atoms with van der Waals surface area (Å²) >= 11 is 0. The first-order chi connectivity index (χ1) is 11.5. The van der Waals surface area contributed by atoms with Gasteiger partial charge >= 0.3 is 5.97 Å². The van der Waals surface area contributed by atoms with Crippen LogP contribution in [0.4, 0.5) is 5.69 Å². The zero-order valence-corrected chi connectivity index (χ0v) is 14.3. The lowest BCUT2D eigenvalue weighted by atomic mass is 10.2. The van der Waals surface area contributed by atoms with E-state index in [2.05, 4.69) is 0 Å². The van der Waals surface area contributed by atoms with E-state index in [1.807, 2.05) is 4.90 Å². The third-order valence-electron chi connectivity index (χ3n) is 4.08. The van der Waals surface area contributed by atoms with E-state index in [9.17, 15) is 14.4 Å². The molecule has 0 N–H and O–H groups in total. The van der Waals surface area contributed by atoms with Crippen molar-refractivity contribution in [3.8, 4) is 0 Å². The summed E-state index contributed by atoms with van der Waals surface area (Å²) in [5.41, 5.74) is 1.11. The van der Waals surface area contributed by atoms with Gasteiger partial charge in [-0.05, 0) is 44.0 Å². The van der Waals surface area contributed by atoms with E-state index in [0.29, 0.717) is 30.8 Å². The molecule has 0 spiro atoms. The summed E-state index contributed by atoms with van der Waals surface area (Å²) in [5.74, 6) is -0.433. The van der Waals surface area contributed by atoms with Crippen LogP contribution in [-0.2, 0) is 14.3 Å². The lowest BCUT2D eigenvalue weighted by Gasteiger charge is -2.23.